The fourth-order valence-electron chi connectivity index (χ4n) is 2.83. The Hall–Kier alpha value is -2.96. The summed E-state index contributed by atoms with van der Waals surface area (Å²) in [6.07, 6.45) is -2.31. The van der Waals surface area contributed by atoms with Crippen molar-refractivity contribution in [2.45, 2.75) is 51.8 Å². The molecule has 1 aromatic carbocycles. The van der Waals surface area contributed by atoms with Gasteiger partial charge in [-0.1, -0.05) is 13.8 Å². The van der Waals surface area contributed by atoms with Crippen molar-refractivity contribution in [2.24, 2.45) is 11.7 Å². The minimum atomic E-state index is -4.71. The Labute approximate surface area is 173 Å². The summed E-state index contributed by atoms with van der Waals surface area (Å²) in [4.78, 5) is 23.2. The molecule has 0 saturated carbocycles. The smallest absolute Gasteiger partial charge is 0.417 e. The Bertz CT molecular complexity index is 770. The number of hydrogen-bond acceptors (Lipinski definition) is 4. The first-order valence-electron chi connectivity index (χ1n) is 9.50. The number of ether oxygens (including phenoxy) is 1. The van der Waals surface area contributed by atoms with Gasteiger partial charge < -0.3 is 20.5 Å². The Kier molecular flexibility index (Phi) is 9.43. The molecular formula is C20H26F3N3O4. The van der Waals surface area contributed by atoms with Gasteiger partial charge in [0.15, 0.2) is 6.10 Å². The van der Waals surface area contributed by atoms with E-state index in [0.29, 0.717) is 6.07 Å². The number of carboxylic acid groups (broad SMARTS) is 1. The molecule has 7 nitrogen and oxygen atoms in total. The van der Waals surface area contributed by atoms with Crippen molar-refractivity contribution in [3.63, 3.8) is 0 Å². The molecule has 2 amide bonds. The van der Waals surface area contributed by atoms with E-state index in [-0.39, 0.29) is 24.1 Å². The summed E-state index contributed by atoms with van der Waals surface area (Å²) in [5.74, 6) is -1.47. The van der Waals surface area contributed by atoms with E-state index in [0.717, 1.165) is 38.1 Å². The van der Waals surface area contributed by atoms with Gasteiger partial charge in [0, 0.05) is 13.1 Å². The molecule has 2 rings (SSSR count). The Morgan fingerprint density at radius 1 is 1.27 bits per heavy atom. The second kappa shape index (κ2) is 11.3. The zero-order chi connectivity index (χ0) is 22.9. The molecule has 1 fully saturated rings. The van der Waals surface area contributed by atoms with E-state index >= 15 is 0 Å². The highest BCUT2D eigenvalue weighted by Crippen LogP contribution is 2.34. The predicted octanol–water partition coefficient (Wildman–Crippen LogP) is 4.01. The predicted molar refractivity (Wildman–Crippen MR) is 103 cm³/mol. The van der Waals surface area contributed by atoms with Crippen molar-refractivity contribution < 1.29 is 32.6 Å². The molecule has 3 N–H and O–H groups in total. The van der Waals surface area contributed by atoms with E-state index in [1.165, 1.54) is 12.5 Å². The number of aliphatic carboxylic acids is 1. The molecule has 0 bridgehead atoms. The number of carbonyl (C=O) groups excluding carboxylic acids is 1. The monoisotopic (exact) mass is 429 g/mol. The maximum atomic E-state index is 12.8. The molecule has 1 saturated heterocycles. The van der Waals surface area contributed by atoms with Gasteiger partial charge in [-0.3, -0.25) is 0 Å². The molecule has 0 aliphatic carbocycles. The van der Waals surface area contributed by atoms with Crippen LogP contribution in [0, 0.1) is 17.2 Å². The molecule has 1 unspecified atom stereocenters. The molecule has 1 atom stereocenters. The van der Waals surface area contributed by atoms with Gasteiger partial charge in [-0.25, -0.2) is 9.59 Å². The lowest BCUT2D eigenvalue weighted by Crippen LogP contribution is -2.39. The topological polar surface area (TPSA) is 117 Å². The SMILES string of the molecule is CC(C)CC(Oc1ccc(C#N)c(C(F)(F)F)c1)C(=O)O.NC(=O)N1CCCCC1. The molecular weight excluding hydrogens is 403 g/mol. The third kappa shape index (κ3) is 8.19. The molecule has 166 valence electrons. The van der Waals surface area contributed by atoms with Crippen LogP contribution in [-0.2, 0) is 11.0 Å². The van der Waals surface area contributed by atoms with E-state index in [1.807, 2.05) is 0 Å². The minimum Gasteiger partial charge on any atom is -0.479 e. The van der Waals surface area contributed by atoms with E-state index in [1.54, 1.807) is 18.7 Å². The summed E-state index contributed by atoms with van der Waals surface area (Å²) in [6, 6.07) is 3.95. The lowest BCUT2D eigenvalue weighted by Gasteiger charge is -2.24. The van der Waals surface area contributed by atoms with Crippen LogP contribution in [0.25, 0.3) is 0 Å². The average Bonchev–Trinajstić information content (AvgIpc) is 2.67. The maximum Gasteiger partial charge on any atom is 0.417 e. The van der Waals surface area contributed by atoms with Crippen LogP contribution in [0.2, 0.25) is 0 Å². The number of carboxylic acids is 1. The molecule has 10 heteroatoms. The highest BCUT2D eigenvalue weighted by atomic mass is 19.4. The van der Waals surface area contributed by atoms with E-state index in [2.05, 4.69) is 0 Å². The van der Waals surface area contributed by atoms with Crippen LogP contribution < -0.4 is 10.5 Å². The van der Waals surface area contributed by atoms with Crippen molar-refractivity contribution in [1.29, 1.82) is 5.26 Å². The first-order chi connectivity index (χ1) is 14.0. The summed E-state index contributed by atoms with van der Waals surface area (Å²) in [7, 11) is 0. The van der Waals surface area contributed by atoms with Gasteiger partial charge in [0.1, 0.15) is 5.75 Å². The molecule has 30 heavy (non-hydrogen) atoms. The standard InChI is InChI=1S/C14H14F3NO3.C6H12N2O/c1-8(2)5-12(13(19)20)21-10-4-3-9(7-18)11(6-10)14(15,16)17;7-6(9)8-4-2-1-3-5-8/h3-4,6,8,12H,5H2,1-2H3,(H,19,20);1-5H2,(H2,7,9). The Balaban J connectivity index is 0.000000414. The lowest BCUT2D eigenvalue weighted by molar-refractivity contribution is -0.145. The van der Waals surface area contributed by atoms with Crippen LogP contribution in [-0.4, -0.2) is 41.2 Å². The molecule has 0 spiro atoms. The largest absolute Gasteiger partial charge is 0.479 e. The zero-order valence-corrected chi connectivity index (χ0v) is 16.9. The average molecular weight is 429 g/mol. The number of likely N-dealkylation sites (tertiary alicyclic amines) is 1. The number of piperidine rings is 1. The van der Waals surface area contributed by atoms with Crippen LogP contribution in [0.5, 0.6) is 5.75 Å². The van der Waals surface area contributed by atoms with Crippen LogP contribution in [0.1, 0.15) is 50.7 Å². The van der Waals surface area contributed by atoms with Crippen LogP contribution in [0.3, 0.4) is 0 Å². The van der Waals surface area contributed by atoms with Gasteiger partial charge in [-0.2, -0.15) is 18.4 Å². The van der Waals surface area contributed by atoms with Gasteiger partial charge in [-0.15, -0.1) is 0 Å². The number of nitrogens with two attached hydrogens (primary N) is 1. The molecule has 1 heterocycles. The van der Waals surface area contributed by atoms with Gasteiger partial charge >= 0.3 is 18.2 Å². The number of urea groups is 1. The molecule has 1 aliphatic rings. The number of primary amides is 1. The van der Waals surface area contributed by atoms with Gasteiger partial charge in [-0.05, 0) is 49.8 Å². The number of benzene rings is 1. The number of nitriles is 1. The number of hydrogen-bond donors (Lipinski definition) is 2. The van der Waals surface area contributed by atoms with Crippen LogP contribution in [0.4, 0.5) is 18.0 Å². The number of carbonyl (C=O) groups is 2. The molecule has 1 aromatic rings. The normalized spacial score (nSPS) is 14.9. The van der Waals surface area contributed by atoms with Crippen molar-refractivity contribution in [2.75, 3.05) is 13.1 Å². The van der Waals surface area contributed by atoms with E-state index in [4.69, 9.17) is 20.8 Å². The summed E-state index contributed by atoms with van der Waals surface area (Å²) >= 11 is 0. The third-order valence-corrected chi connectivity index (χ3v) is 4.32. The summed E-state index contributed by atoms with van der Waals surface area (Å²) < 4.78 is 43.5. The number of halogens is 3. The zero-order valence-electron chi connectivity index (χ0n) is 16.9. The van der Waals surface area contributed by atoms with Gasteiger partial charge in [0.05, 0.1) is 17.2 Å². The quantitative estimate of drug-likeness (QED) is 0.734. The number of rotatable bonds is 5. The number of amides is 2. The second-order valence-corrected chi connectivity index (χ2v) is 7.28. The summed E-state index contributed by atoms with van der Waals surface area (Å²) in [5, 5.41) is 17.7. The summed E-state index contributed by atoms with van der Waals surface area (Å²) in [5.41, 5.74) is 3.38. The van der Waals surface area contributed by atoms with E-state index in [9.17, 15) is 22.8 Å². The third-order valence-electron chi connectivity index (χ3n) is 4.32. The first kappa shape index (κ1) is 25.1. The number of alkyl halides is 3. The van der Waals surface area contributed by atoms with Gasteiger partial charge in [0.25, 0.3) is 0 Å². The molecule has 0 radical (unpaired) electrons. The summed E-state index contributed by atoms with van der Waals surface area (Å²) in [6.45, 7) is 5.27. The van der Waals surface area contributed by atoms with E-state index < -0.39 is 29.4 Å². The molecule has 0 aromatic heterocycles. The fourth-order valence-corrected chi connectivity index (χ4v) is 2.83. The minimum absolute atomic E-state index is 0.00608. The van der Waals surface area contributed by atoms with Crippen molar-refractivity contribution in [3.05, 3.63) is 29.3 Å². The highest BCUT2D eigenvalue weighted by molar-refractivity contribution is 5.73. The van der Waals surface area contributed by atoms with Gasteiger partial charge in [0.2, 0.25) is 0 Å². The van der Waals surface area contributed by atoms with Crippen molar-refractivity contribution >= 4 is 12.0 Å². The van der Waals surface area contributed by atoms with Crippen molar-refractivity contribution in [3.8, 4) is 11.8 Å². The van der Waals surface area contributed by atoms with Crippen LogP contribution in [0.15, 0.2) is 18.2 Å². The fraction of sp³-hybridized carbons (Fsp3) is 0.550. The van der Waals surface area contributed by atoms with Crippen LogP contribution >= 0.6 is 0 Å². The Morgan fingerprint density at radius 3 is 2.27 bits per heavy atom. The number of nitrogens with zero attached hydrogens (tertiary/aromatic N) is 2. The first-order valence-corrected chi connectivity index (χ1v) is 9.50. The highest BCUT2D eigenvalue weighted by Gasteiger charge is 2.34. The molecule has 1 aliphatic heterocycles. The van der Waals surface area contributed by atoms with Crippen molar-refractivity contribution in [1.82, 2.24) is 4.90 Å². The lowest BCUT2D eigenvalue weighted by atomic mass is 10.1. The second-order valence-electron chi connectivity index (χ2n) is 7.28. The Morgan fingerprint density at radius 2 is 1.87 bits per heavy atom. The maximum absolute atomic E-state index is 12.8.